The quantitative estimate of drug-likeness (QED) is 0.832. The van der Waals surface area contributed by atoms with Gasteiger partial charge < -0.3 is 0 Å². The number of piperazine rings is 1. The van der Waals surface area contributed by atoms with Gasteiger partial charge in [-0.15, -0.1) is 0 Å². The highest BCUT2D eigenvalue weighted by Crippen LogP contribution is 2.35. The van der Waals surface area contributed by atoms with E-state index in [1.807, 2.05) is 0 Å². The number of hydrogen-bond donors (Lipinski definition) is 0. The third-order valence-corrected chi connectivity index (χ3v) is 6.03. The summed E-state index contributed by atoms with van der Waals surface area (Å²) in [4.78, 5) is 5.55. The lowest BCUT2D eigenvalue weighted by Gasteiger charge is -2.44. The molecule has 0 aromatic heterocycles. The van der Waals surface area contributed by atoms with Gasteiger partial charge in [0.15, 0.2) is 0 Å². The van der Waals surface area contributed by atoms with Crippen LogP contribution in [-0.2, 0) is 0 Å². The first-order valence-electron chi connectivity index (χ1n) is 8.93. The zero-order chi connectivity index (χ0) is 14.1. The Balaban J connectivity index is 1.48. The summed E-state index contributed by atoms with van der Waals surface area (Å²) >= 11 is 0. The van der Waals surface area contributed by atoms with Crippen LogP contribution < -0.4 is 0 Å². The van der Waals surface area contributed by atoms with Crippen molar-refractivity contribution in [2.24, 2.45) is 5.92 Å². The van der Waals surface area contributed by atoms with E-state index in [2.05, 4.69) is 40.1 Å². The molecule has 1 aromatic rings. The second-order valence-corrected chi connectivity index (χ2v) is 7.30. The van der Waals surface area contributed by atoms with E-state index in [1.165, 1.54) is 70.3 Å². The van der Waals surface area contributed by atoms with E-state index in [4.69, 9.17) is 0 Å². The molecule has 21 heavy (non-hydrogen) atoms. The number of hydrogen-bond acceptors (Lipinski definition) is 2. The number of rotatable bonds is 4. The summed E-state index contributed by atoms with van der Waals surface area (Å²) in [5.41, 5.74) is 1.52. The predicted molar refractivity (Wildman–Crippen MR) is 87.3 cm³/mol. The van der Waals surface area contributed by atoms with Gasteiger partial charge in [0.1, 0.15) is 0 Å². The Labute approximate surface area is 129 Å². The van der Waals surface area contributed by atoms with Crippen molar-refractivity contribution in [3.63, 3.8) is 0 Å². The lowest BCUT2D eigenvalue weighted by molar-refractivity contribution is 0.0433. The van der Waals surface area contributed by atoms with Crippen molar-refractivity contribution in [3.05, 3.63) is 35.9 Å². The molecule has 114 valence electrons. The second-order valence-electron chi connectivity index (χ2n) is 7.30. The van der Waals surface area contributed by atoms with E-state index < -0.39 is 0 Å². The fourth-order valence-corrected chi connectivity index (χ4v) is 4.45. The number of fused-ring (bicyclic) bond motifs is 1. The molecule has 1 aliphatic carbocycles. The molecule has 0 bridgehead atoms. The molecule has 1 aromatic carbocycles. The van der Waals surface area contributed by atoms with E-state index in [1.54, 1.807) is 0 Å². The van der Waals surface area contributed by atoms with E-state index in [0.717, 1.165) is 12.0 Å². The Kier molecular flexibility index (Phi) is 4.00. The Morgan fingerprint density at radius 2 is 1.81 bits per heavy atom. The minimum atomic E-state index is 0.626. The van der Waals surface area contributed by atoms with E-state index in [9.17, 15) is 0 Å². The van der Waals surface area contributed by atoms with Gasteiger partial charge in [0.25, 0.3) is 0 Å². The summed E-state index contributed by atoms with van der Waals surface area (Å²) in [6, 6.07) is 12.7. The van der Waals surface area contributed by atoms with Gasteiger partial charge in [-0.05, 0) is 43.8 Å². The Morgan fingerprint density at radius 1 is 0.952 bits per heavy atom. The molecule has 3 fully saturated rings. The summed E-state index contributed by atoms with van der Waals surface area (Å²) in [5, 5.41) is 0. The lowest BCUT2D eigenvalue weighted by Crippen LogP contribution is -2.52. The normalized spacial score (nSPS) is 31.0. The molecule has 0 N–H and O–H groups in total. The lowest BCUT2D eigenvalue weighted by atomic mass is 9.82. The van der Waals surface area contributed by atoms with Gasteiger partial charge in [0.2, 0.25) is 0 Å². The van der Waals surface area contributed by atoms with Crippen molar-refractivity contribution in [1.82, 2.24) is 9.80 Å². The summed E-state index contributed by atoms with van der Waals surface area (Å²) in [6.07, 6.45) is 8.70. The molecule has 0 radical (unpaired) electrons. The van der Waals surface area contributed by atoms with Gasteiger partial charge in [0, 0.05) is 25.2 Å². The molecule has 2 saturated heterocycles. The van der Waals surface area contributed by atoms with Crippen molar-refractivity contribution in [3.8, 4) is 0 Å². The van der Waals surface area contributed by atoms with Crippen LogP contribution in [0.15, 0.2) is 30.3 Å². The van der Waals surface area contributed by atoms with Crippen LogP contribution in [0.3, 0.4) is 0 Å². The van der Waals surface area contributed by atoms with Crippen molar-refractivity contribution >= 4 is 0 Å². The molecule has 2 heteroatoms. The largest absolute Gasteiger partial charge is 0.297 e. The first-order valence-corrected chi connectivity index (χ1v) is 8.93. The van der Waals surface area contributed by atoms with Crippen LogP contribution in [0, 0.1) is 5.92 Å². The van der Waals surface area contributed by atoms with Crippen LogP contribution in [0.4, 0.5) is 0 Å². The Bertz CT molecular complexity index is 454. The van der Waals surface area contributed by atoms with Crippen LogP contribution in [0.1, 0.15) is 50.1 Å². The van der Waals surface area contributed by atoms with Crippen LogP contribution >= 0.6 is 0 Å². The van der Waals surface area contributed by atoms with E-state index in [-0.39, 0.29) is 0 Å². The summed E-state index contributed by atoms with van der Waals surface area (Å²) in [7, 11) is 0. The average Bonchev–Trinajstić information content (AvgIpc) is 2.93. The Morgan fingerprint density at radius 3 is 2.57 bits per heavy atom. The number of nitrogens with zero attached hydrogens (tertiary/aromatic N) is 2. The van der Waals surface area contributed by atoms with Crippen LogP contribution in [0.5, 0.6) is 0 Å². The monoisotopic (exact) mass is 284 g/mol. The minimum Gasteiger partial charge on any atom is -0.297 e. The van der Waals surface area contributed by atoms with Gasteiger partial charge in [-0.3, -0.25) is 9.80 Å². The molecule has 2 unspecified atom stereocenters. The fraction of sp³-hybridized carbons (Fsp3) is 0.684. The van der Waals surface area contributed by atoms with Gasteiger partial charge in [-0.2, -0.15) is 0 Å². The SMILES string of the molecule is c1ccc(C2CN3CCCC3CN2CCC2CCC2)cc1. The number of benzene rings is 1. The van der Waals surface area contributed by atoms with Crippen molar-refractivity contribution in [1.29, 1.82) is 0 Å². The maximum absolute atomic E-state index is 2.81. The maximum atomic E-state index is 2.81. The van der Waals surface area contributed by atoms with Gasteiger partial charge in [-0.25, -0.2) is 0 Å². The molecular formula is C19H28N2. The first kappa shape index (κ1) is 13.8. The van der Waals surface area contributed by atoms with Gasteiger partial charge >= 0.3 is 0 Å². The summed E-state index contributed by atoms with van der Waals surface area (Å²) < 4.78 is 0. The molecule has 3 aliphatic rings. The average molecular weight is 284 g/mol. The zero-order valence-electron chi connectivity index (χ0n) is 13.1. The highest BCUT2D eigenvalue weighted by atomic mass is 15.3. The Hall–Kier alpha value is -0.860. The van der Waals surface area contributed by atoms with Crippen molar-refractivity contribution in [2.75, 3.05) is 26.2 Å². The standard InChI is InChI=1S/C19H28N2/c1-2-8-17(9-3-1)19-15-20-12-5-10-18(20)14-21(19)13-11-16-6-4-7-16/h1-3,8-9,16,18-19H,4-7,10-15H2. The van der Waals surface area contributed by atoms with E-state index >= 15 is 0 Å². The third-order valence-electron chi connectivity index (χ3n) is 6.03. The molecule has 4 rings (SSSR count). The second kappa shape index (κ2) is 6.10. The topological polar surface area (TPSA) is 6.48 Å². The van der Waals surface area contributed by atoms with Gasteiger partial charge in [0.05, 0.1) is 0 Å². The van der Waals surface area contributed by atoms with Gasteiger partial charge in [-0.1, -0.05) is 49.6 Å². The van der Waals surface area contributed by atoms with Crippen LogP contribution in [0.25, 0.3) is 0 Å². The predicted octanol–water partition coefficient (Wildman–Crippen LogP) is 3.70. The fourth-order valence-electron chi connectivity index (χ4n) is 4.45. The zero-order valence-corrected chi connectivity index (χ0v) is 13.1. The molecule has 2 aliphatic heterocycles. The smallest absolute Gasteiger partial charge is 0.0475 e. The third kappa shape index (κ3) is 2.89. The maximum Gasteiger partial charge on any atom is 0.0475 e. The molecule has 0 amide bonds. The van der Waals surface area contributed by atoms with Crippen molar-refractivity contribution in [2.45, 2.75) is 50.6 Å². The minimum absolute atomic E-state index is 0.626. The first-order chi connectivity index (χ1) is 10.4. The van der Waals surface area contributed by atoms with Crippen molar-refractivity contribution < 1.29 is 0 Å². The summed E-state index contributed by atoms with van der Waals surface area (Å²) in [5.74, 6) is 1.03. The van der Waals surface area contributed by atoms with E-state index in [0.29, 0.717) is 6.04 Å². The van der Waals surface area contributed by atoms with Crippen LogP contribution in [-0.4, -0.2) is 42.0 Å². The highest BCUT2D eigenvalue weighted by molar-refractivity contribution is 5.20. The molecular weight excluding hydrogens is 256 g/mol. The molecule has 2 nitrogen and oxygen atoms in total. The van der Waals surface area contributed by atoms with Crippen LogP contribution in [0.2, 0.25) is 0 Å². The molecule has 1 saturated carbocycles. The highest BCUT2D eigenvalue weighted by Gasteiger charge is 2.36. The summed E-state index contributed by atoms with van der Waals surface area (Å²) in [6.45, 7) is 5.19. The molecule has 0 spiro atoms. The molecule has 2 heterocycles. The molecule has 2 atom stereocenters.